The molecular formula is C12H14F3NO2. The number of hydrogen-bond donors (Lipinski definition) is 2. The summed E-state index contributed by atoms with van der Waals surface area (Å²) in [4.78, 5) is 8.90. The van der Waals surface area contributed by atoms with E-state index in [4.69, 9.17) is 15.6 Å². The molecule has 1 aliphatic rings. The van der Waals surface area contributed by atoms with Gasteiger partial charge in [0.15, 0.2) is 0 Å². The number of aliphatic carboxylic acids is 1. The number of aryl methyl sites for hydroxylation is 2. The summed E-state index contributed by atoms with van der Waals surface area (Å²) in [5.41, 5.74) is 9.56. The molecule has 18 heavy (non-hydrogen) atoms. The molecule has 100 valence electrons. The van der Waals surface area contributed by atoms with Gasteiger partial charge in [0.1, 0.15) is 0 Å². The smallest absolute Gasteiger partial charge is 0.475 e. The lowest BCUT2D eigenvalue weighted by atomic mass is 9.91. The van der Waals surface area contributed by atoms with Crippen LogP contribution in [0.15, 0.2) is 18.2 Å². The highest BCUT2D eigenvalue weighted by Crippen LogP contribution is 2.22. The van der Waals surface area contributed by atoms with Crippen LogP contribution in [0.25, 0.3) is 0 Å². The number of carboxylic acid groups (broad SMARTS) is 1. The highest BCUT2D eigenvalue weighted by atomic mass is 19.4. The molecule has 3 nitrogen and oxygen atoms in total. The zero-order valence-corrected chi connectivity index (χ0v) is 9.63. The van der Waals surface area contributed by atoms with Crippen molar-refractivity contribution in [1.82, 2.24) is 0 Å². The molecule has 0 saturated carbocycles. The Morgan fingerprint density at radius 2 is 1.67 bits per heavy atom. The fourth-order valence-corrected chi connectivity index (χ4v) is 1.75. The van der Waals surface area contributed by atoms with E-state index in [1.54, 1.807) is 0 Å². The third-order valence-electron chi connectivity index (χ3n) is 2.62. The monoisotopic (exact) mass is 261 g/mol. The molecule has 0 fully saturated rings. The Morgan fingerprint density at radius 3 is 2.17 bits per heavy atom. The number of hydrogen-bond acceptors (Lipinski definition) is 2. The summed E-state index contributed by atoms with van der Waals surface area (Å²) in [5, 5.41) is 7.12. The van der Waals surface area contributed by atoms with E-state index in [1.165, 1.54) is 36.8 Å². The first kappa shape index (κ1) is 14.3. The summed E-state index contributed by atoms with van der Waals surface area (Å²) < 4.78 is 31.7. The third-order valence-corrected chi connectivity index (χ3v) is 2.62. The zero-order chi connectivity index (χ0) is 13.8. The van der Waals surface area contributed by atoms with E-state index in [1.807, 2.05) is 6.07 Å². The lowest BCUT2D eigenvalue weighted by Gasteiger charge is -2.15. The minimum Gasteiger partial charge on any atom is -0.475 e. The van der Waals surface area contributed by atoms with Crippen molar-refractivity contribution in [3.8, 4) is 0 Å². The van der Waals surface area contributed by atoms with E-state index in [0.717, 1.165) is 5.69 Å². The summed E-state index contributed by atoms with van der Waals surface area (Å²) in [6, 6.07) is 6.29. The molecule has 2 rings (SSSR count). The zero-order valence-electron chi connectivity index (χ0n) is 9.63. The van der Waals surface area contributed by atoms with Gasteiger partial charge in [-0.15, -0.1) is 0 Å². The second kappa shape index (κ2) is 5.75. The first-order valence-electron chi connectivity index (χ1n) is 5.48. The molecule has 0 heterocycles. The molecule has 0 unspecified atom stereocenters. The maximum Gasteiger partial charge on any atom is 0.490 e. The number of halogens is 3. The SMILES string of the molecule is Nc1ccc2c(c1)CCCC2.O=C(O)C(F)(F)F. The van der Waals surface area contributed by atoms with Crippen LogP contribution in [0.2, 0.25) is 0 Å². The number of benzene rings is 1. The van der Waals surface area contributed by atoms with Gasteiger partial charge in [0.2, 0.25) is 0 Å². The lowest BCUT2D eigenvalue weighted by molar-refractivity contribution is -0.192. The first-order chi connectivity index (χ1) is 8.30. The number of alkyl halides is 3. The van der Waals surface area contributed by atoms with Crippen molar-refractivity contribution in [2.75, 3.05) is 5.73 Å². The van der Waals surface area contributed by atoms with E-state index < -0.39 is 12.1 Å². The molecule has 1 aromatic rings. The highest BCUT2D eigenvalue weighted by molar-refractivity contribution is 5.73. The number of nitrogens with two attached hydrogens (primary N) is 1. The van der Waals surface area contributed by atoms with Crippen molar-refractivity contribution in [3.05, 3.63) is 29.3 Å². The third kappa shape index (κ3) is 4.27. The maximum atomic E-state index is 10.6. The standard InChI is InChI=1S/C10H13N.C2HF3O2/c11-10-6-5-8-3-1-2-4-9(8)7-10;3-2(4,5)1(6)7/h5-7H,1-4,11H2;(H,6,7). The van der Waals surface area contributed by atoms with Gasteiger partial charge in [-0.2, -0.15) is 13.2 Å². The Balaban J connectivity index is 0.000000203. The van der Waals surface area contributed by atoms with Gasteiger partial charge in [-0.05, 0) is 48.9 Å². The van der Waals surface area contributed by atoms with Crippen molar-refractivity contribution in [2.45, 2.75) is 31.9 Å². The van der Waals surface area contributed by atoms with Crippen LogP contribution in [0.5, 0.6) is 0 Å². The molecule has 0 spiro atoms. The Morgan fingerprint density at radius 1 is 1.17 bits per heavy atom. The highest BCUT2D eigenvalue weighted by Gasteiger charge is 2.38. The van der Waals surface area contributed by atoms with Crippen LogP contribution in [0.3, 0.4) is 0 Å². The van der Waals surface area contributed by atoms with E-state index in [-0.39, 0.29) is 0 Å². The van der Waals surface area contributed by atoms with Gasteiger partial charge in [0.25, 0.3) is 0 Å². The van der Waals surface area contributed by atoms with Gasteiger partial charge < -0.3 is 10.8 Å². The largest absolute Gasteiger partial charge is 0.490 e. The summed E-state index contributed by atoms with van der Waals surface area (Å²) >= 11 is 0. The van der Waals surface area contributed by atoms with Gasteiger partial charge in [-0.3, -0.25) is 0 Å². The Bertz CT molecular complexity index is 430. The first-order valence-corrected chi connectivity index (χ1v) is 5.48. The Kier molecular flexibility index (Phi) is 4.58. The number of anilines is 1. The minimum absolute atomic E-state index is 0.908. The summed E-state index contributed by atoms with van der Waals surface area (Å²) in [5.74, 6) is -2.76. The van der Waals surface area contributed by atoms with E-state index in [0.29, 0.717) is 0 Å². The van der Waals surface area contributed by atoms with Crippen molar-refractivity contribution >= 4 is 11.7 Å². The summed E-state index contributed by atoms with van der Waals surface area (Å²) in [6.07, 6.45) is 0.0589. The number of fused-ring (bicyclic) bond motifs is 1. The number of nitrogen functional groups attached to an aromatic ring is 1. The second-order valence-corrected chi connectivity index (χ2v) is 4.04. The van der Waals surface area contributed by atoms with E-state index >= 15 is 0 Å². The fourth-order valence-electron chi connectivity index (χ4n) is 1.75. The molecule has 3 N–H and O–H groups in total. The van der Waals surface area contributed by atoms with Gasteiger partial charge in [-0.1, -0.05) is 6.07 Å². The van der Waals surface area contributed by atoms with Crippen LogP contribution in [0.1, 0.15) is 24.0 Å². The van der Waals surface area contributed by atoms with Crippen LogP contribution in [0, 0.1) is 0 Å². The Hall–Kier alpha value is -1.72. The average molecular weight is 261 g/mol. The van der Waals surface area contributed by atoms with Crippen molar-refractivity contribution in [1.29, 1.82) is 0 Å². The van der Waals surface area contributed by atoms with Crippen molar-refractivity contribution in [3.63, 3.8) is 0 Å². The number of carbonyl (C=O) groups is 1. The van der Waals surface area contributed by atoms with Crippen LogP contribution in [-0.4, -0.2) is 17.3 Å². The predicted molar refractivity (Wildman–Crippen MR) is 61.2 cm³/mol. The van der Waals surface area contributed by atoms with Gasteiger partial charge in [0.05, 0.1) is 0 Å². The average Bonchev–Trinajstić information content (AvgIpc) is 2.28. The van der Waals surface area contributed by atoms with Gasteiger partial charge >= 0.3 is 12.1 Å². The van der Waals surface area contributed by atoms with Crippen LogP contribution < -0.4 is 5.73 Å². The minimum atomic E-state index is -5.08. The molecule has 0 atom stereocenters. The van der Waals surface area contributed by atoms with Gasteiger partial charge in [-0.25, -0.2) is 4.79 Å². The number of rotatable bonds is 0. The lowest BCUT2D eigenvalue weighted by Crippen LogP contribution is -2.21. The summed E-state index contributed by atoms with van der Waals surface area (Å²) in [7, 11) is 0. The quantitative estimate of drug-likeness (QED) is 0.706. The molecule has 0 aromatic heterocycles. The van der Waals surface area contributed by atoms with Crippen molar-refractivity contribution < 1.29 is 23.1 Å². The Labute approximate surface area is 102 Å². The predicted octanol–water partition coefficient (Wildman–Crippen LogP) is 2.78. The molecule has 0 aliphatic heterocycles. The molecule has 0 bridgehead atoms. The van der Waals surface area contributed by atoms with E-state index in [9.17, 15) is 13.2 Å². The molecule has 0 saturated heterocycles. The van der Waals surface area contributed by atoms with Crippen molar-refractivity contribution in [2.24, 2.45) is 0 Å². The van der Waals surface area contributed by atoms with Gasteiger partial charge in [0, 0.05) is 5.69 Å². The molecule has 0 amide bonds. The normalized spacial score (nSPS) is 14.2. The maximum absolute atomic E-state index is 10.6. The fraction of sp³-hybridized carbons (Fsp3) is 0.417. The molecule has 6 heteroatoms. The molecule has 1 aliphatic carbocycles. The van der Waals surface area contributed by atoms with Crippen LogP contribution in [0.4, 0.5) is 18.9 Å². The molecule has 0 radical (unpaired) electrons. The number of carboxylic acids is 1. The topological polar surface area (TPSA) is 63.3 Å². The van der Waals surface area contributed by atoms with Crippen LogP contribution >= 0.6 is 0 Å². The second-order valence-electron chi connectivity index (χ2n) is 4.04. The summed E-state index contributed by atoms with van der Waals surface area (Å²) in [6.45, 7) is 0. The molecular weight excluding hydrogens is 247 g/mol. The van der Waals surface area contributed by atoms with Crippen LogP contribution in [-0.2, 0) is 17.6 Å². The van der Waals surface area contributed by atoms with E-state index in [2.05, 4.69) is 12.1 Å². The molecule has 1 aromatic carbocycles.